The van der Waals surface area contributed by atoms with Gasteiger partial charge in [-0.2, -0.15) is 0 Å². The van der Waals surface area contributed by atoms with Gasteiger partial charge in [0.05, 0.1) is 11.5 Å². The summed E-state index contributed by atoms with van der Waals surface area (Å²) in [5.74, 6) is 0.567. The second kappa shape index (κ2) is 3.67. The highest BCUT2D eigenvalue weighted by Gasteiger charge is 2.56. The molecule has 16 heavy (non-hydrogen) atoms. The zero-order valence-electron chi connectivity index (χ0n) is 9.71. The van der Waals surface area contributed by atoms with E-state index in [-0.39, 0.29) is 22.8 Å². The highest BCUT2D eigenvalue weighted by molar-refractivity contribution is 7.91. The SMILES string of the molecule is CC1(F)CC(CN)(C2CCCS(=O)(=O)C2)C1. The van der Waals surface area contributed by atoms with E-state index in [1.54, 1.807) is 6.92 Å². The summed E-state index contributed by atoms with van der Waals surface area (Å²) in [7, 11) is -2.92. The van der Waals surface area contributed by atoms with E-state index in [1.165, 1.54) is 0 Å². The molecule has 1 saturated carbocycles. The summed E-state index contributed by atoms with van der Waals surface area (Å²) in [6, 6.07) is 0. The van der Waals surface area contributed by atoms with Crippen LogP contribution in [0.1, 0.15) is 32.6 Å². The molecule has 1 aliphatic carbocycles. The third-order valence-electron chi connectivity index (χ3n) is 4.18. The fourth-order valence-corrected chi connectivity index (χ4v) is 5.43. The molecule has 2 fully saturated rings. The van der Waals surface area contributed by atoms with Crippen LogP contribution in [0.3, 0.4) is 0 Å². The van der Waals surface area contributed by atoms with Crippen LogP contribution in [0.5, 0.6) is 0 Å². The van der Waals surface area contributed by atoms with Crippen molar-refractivity contribution in [3.05, 3.63) is 0 Å². The zero-order chi connectivity index (χ0) is 12.0. The van der Waals surface area contributed by atoms with Gasteiger partial charge in [0.1, 0.15) is 5.67 Å². The molecule has 1 heterocycles. The van der Waals surface area contributed by atoms with E-state index in [0.717, 1.165) is 6.42 Å². The van der Waals surface area contributed by atoms with Crippen LogP contribution < -0.4 is 5.73 Å². The fraction of sp³-hybridized carbons (Fsp3) is 1.00. The molecule has 1 atom stereocenters. The molecule has 2 N–H and O–H groups in total. The Hall–Kier alpha value is -0.160. The van der Waals surface area contributed by atoms with Crippen LogP contribution in [0, 0.1) is 11.3 Å². The first-order valence-electron chi connectivity index (χ1n) is 5.88. The van der Waals surface area contributed by atoms with Gasteiger partial charge in [-0.25, -0.2) is 12.8 Å². The van der Waals surface area contributed by atoms with Gasteiger partial charge in [-0.05, 0) is 50.5 Å². The van der Waals surface area contributed by atoms with Crippen molar-refractivity contribution in [3.8, 4) is 0 Å². The molecule has 94 valence electrons. The lowest BCUT2D eigenvalue weighted by atomic mass is 9.54. The van der Waals surface area contributed by atoms with Gasteiger partial charge in [0.2, 0.25) is 0 Å². The number of hydrogen-bond acceptors (Lipinski definition) is 3. The molecule has 0 aromatic carbocycles. The van der Waals surface area contributed by atoms with Gasteiger partial charge in [-0.3, -0.25) is 0 Å². The predicted octanol–water partition coefficient (Wildman–Crippen LogP) is 1.28. The van der Waals surface area contributed by atoms with E-state index < -0.39 is 15.5 Å². The van der Waals surface area contributed by atoms with Gasteiger partial charge in [0.25, 0.3) is 0 Å². The molecule has 0 spiro atoms. The van der Waals surface area contributed by atoms with E-state index >= 15 is 0 Å². The number of alkyl halides is 1. The summed E-state index contributed by atoms with van der Waals surface area (Å²) >= 11 is 0. The molecule has 0 amide bonds. The van der Waals surface area contributed by atoms with Crippen molar-refractivity contribution >= 4 is 9.84 Å². The molecule has 0 radical (unpaired) electrons. The Morgan fingerprint density at radius 3 is 2.50 bits per heavy atom. The molecule has 1 unspecified atom stereocenters. The molecule has 0 aromatic rings. The molecule has 1 aliphatic heterocycles. The van der Waals surface area contributed by atoms with Crippen LogP contribution in [-0.2, 0) is 9.84 Å². The molecule has 3 nitrogen and oxygen atoms in total. The second-order valence-corrected chi connectivity index (χ2v) is 8.02. The topological polar surface area (TPSA) is 60.2 Å². The van der Waals surface area contributed by atoms with Crippen LogP contribution in [0.2, 0.25) is 0 Å². The summed E-state index contributed by atoms with van der Waals surface area (Å²) in [5, 5.41) is 0. The van der Waals surface area contributed by atoms with Crippen LogP contribution in [0.15, 0.2) is 0 Å². The largest absolute Gasteiger partial charge is 0.330 e. The number of halogens is 1. The van der Waals surface area contributed by atoms with Crippen molar-refractivity contribution < 1.29 is 12.8 Å². The first kappa shape index (κ1) is 12.3. The number of nitrogens with two attached hydrogens (primary N) is 1. The Morgan fingerprint density at radius 1 is 1.44 bits per heavy atom. The Labute approximate surface area is 96.5 Å². The van der Waals surface area contributed by atoms with E-state index in [0.29, 0.717) is 25.8 Å². The number of sulfone groups is 1. The number of rotatable bonds is 2. The van der Waals surface area contributed by atoms with Crippen molar-refractivity contribution in [3.63, 3.8) is 0 Å². The standard InChI is InChI=1S/C11H20FNO2S/c1-10(12)6-11(7-10,8-13)9-3-2-4-16(14,15)5-9/h9H,2-8,13H2,1H3. The summed E-state index contributed by atoms with van der Waals surface area (Å²) in [6.45, 7) is 1.99. The minimum atomic E-state index is -2.92. The third-order valence-corrected chi connectivity index (χ3v) is 6.00. The minimum absolute atomic E-state index is 0.0695. The maximum absolute atomic E-state index is 13.6. The van der Waals surface area contributed by atoms with Crippen molar-refractivity contribution in [2.24, 2.45) is 17.1 Å². The van der Waals surface area contributed by atoms with Crippen LogP contribution in [-0.4, -0.2) is 32.1 Å². The summed E-state index contributed by atoms with van der Waals surface area (Å²) < 4.78 is 36.8. The maximum Gasteiger partial charge on any atom is 0.150 e. The smallest absolute Gasteiger partial charge is 0.150 e. The molecule has 0 aromatic heterocycles. The average Bonchev–Trinajstić information content (AvgIpc) is 2.11. The van der Waals surface area contributed by atoms with Crippen molar-refractivity contribution in [2.75, 3.05) is 18.1 Å². The molecule has 2 rings (SSSR count). The van der Waals surface area contributed by atoms with E-state index in [9.17, 15) is 12.8 Å². The highest BCUT2D eigenvalue weighted by Crippen LogP contribution is 2.56. The lowest BCUT2D eigenvalue weighted by molar-refractivity contribution is -0.0832. The molecular weight excluding hydrogens is 229 g/mol. The normalized spacial score (nSPS) is 47.3. The predicted molar refractivity (Wildman–Crippen MR) is 61.6 cm³/mol. The van der Waals surface area contributed by atoms with Crippen LogP contribution in [0.4, 0.5) is 4.39 Å². The summed E-state index contributed by atoms with van der Waals surface area (Å²) in [4.78, 5) is 0. The maximum atomic E-state index is 13.6. The molecule has 1 saturated heterocycles. The molecule has 0 bridgehead atoms. The number of hydrogen-bond donors (Lipinski definition) is 1. The van der Waals surface area contributed by atoms with Gasteiger partial charge >= 0.3 is 0 Å². The fourth-order valence-electron chi connectivity index (χ4n) is 3.52. The van der Waals surface area contributed by atoms with E-state index in [4.69, 9.17) is 5.73 Å². The summed E-state index contributed by atoms with van der Waals surface area (Å²) in [5.41, 5.74) is 4.36. The van der Waals surface area contributed by atoms with Crippen molar-refractivity contribution in [1.82, 2.24) is 0 Å². The van der Waals surface area contributed by atoms with E-state index in [1.807, 2.05) is 0 Å². The lowest BCUT2D eigenvalue weighted by Gasteiger charge is -2.55. The molecule has 2 aliphatic rings. The first-order valence-corrected chi connectivity index (χ1v) is 7.70. The molecule has 5 heteroatoms. The van der Waals surface area contributed by atoms with Crippen LogP contribution >= 0.6 is 0 Å². The lowest BCUT2D eigenvalue weighted by Crippen LogP contribution is -2.57. The van der Waals surface area contributed by atoms with E-state index in [2.05, 4.69) is 0 Å². The van der Waals surface area contributed by atoms with Gasteiger partial charge in [0.15, 0.2) is 9.84 Å². The Kier molecular flexibility index (Phi) is 2.82. The Bertz CT molecular complexity index is 369. The average molecular weight is 249 g/mol. The second-order valence-electron chi connectivity index (χ2n) is 5.79. The first-order chi connectivity index (χ1) is 7.29. The quantitative estimate of drug-likeness (QED) is 0.802. The van der Waals surface area contributed by atoms with Crippen molar-refractivity contribution in [1.29, 1.82) is 0 Å². The zero-order valence-corrected chi connectivity index (χ0v) is 10.5. The molecular formula is C11H20FNO2S. The Balaban J connectivity index is 2.12. The van der Waals surface area contributed by atoms with Gasteiger partial charge < -0.3 is 5.73 Å². The van der Waals surface area contributed by atoms with Gasteiger partial charge in [0, 0.05) is 0 Å². The van der Waals surface area contributed by atoms with Crippen molar-refractivity contribution in [2.45, 2.75) is 38.3 Å². The van der Waals surface area contributed by atoms with Gasteiger partial charge in [-0.15, -0.1) is 0 Å². The van der Waals surface area contributed by atoms with Gasteiger partial charge in [-0.1, -0.05) is 0 Å². The van der Waals surface area contributed by atoms with Crippen LogP contribution in [0.25, 0.3) is 0 Å². The Morgan fingerprint density at radius 2 is 2.06 bits per heavy atom. The highest BCUT2D eigenvalue weighted by atomic mass is 32.2. The third kappa shape index (κ3) is 2.12. The monoisotopic (exact) mass is 249 g/mol. The minimum Gasteiger partial charge on any atom is -0.330 e. The summed E-state index contributed by atoms with van der Waals surface area (Å²) in [6.07, 6.45) is 2.44.